The summed E-state index contributed by atoms with van der Waals surface area (Å²) in [6.45, 7) is 6.18. The average Bonchev–Trinajstić information content (AvgIpc) is 3.20. The van der Waals surface area contributed by atoms with Gasteiger partial charge in [-0.3, -0.25) is 4.79 Å². The van der Waals surface area contributed by atoms with Gasteiger partial charge in [-0.1, -0.05) is 43.8 Å². The highest BCUT2D eigenvalue weighted by Crippen LogP contribution is 2.41. The molecular weight excluding hydrogens is 378 g/mol. The van der Waals surface area contributed by atoms with Crippen LogP contribution < -0.4 is 14.8 Å². The van der Waals surface area contributed by atoms with Crippen LogP contribution in [0.1, 0.15) is 36.0 Å². The highest BCUT2D eigenvalue weighted by atomic mass is 16.5. The van der Waals surface area contributed by atoms with Crippen molar-refractivity contribution in [3.05, 3.63) is 78.0 Å². The van der Waals surface area contributed by atoms with Crippen molar-refractivity contribution in [2.75, 3.05) is 19.0 Å². The minimum Gasteiger partial charge on any atom is -0.493 e. The number of carbonyl (C=O) groups is 1. The van der Waals surface area contributed by atoms with E-state index in [1.54, 1.807) is 13.2 Å². The summed E-state index contributed by atoms with van der Waals surface area (Å²) in [5, 5.41) is 7.64. The van der Waals surface area contributed by atoms with Gasteiger partial charge >= 0.3 is 0 Å². The van der Waals surface area contributed by atoms with Crippen LogP contribution in [0, 0.1) is 0 Å². The molecule has 0 saturated carbocycles. The Bertz CT molecular complexity index is 1090. The Hall–Kier alpha value is -3.54. The van der Waals surface area contributed by atoms with E-state index < -0.39 is 0 Å². The third kappa shape index (κ3) is 3.56. The molecule has 0 aliphatic carbocycles. The number of anilines is 1. The number of hydrogen-bond acceptors (Lipinski definition) is 4. The number of hydrogen-bond donors (Lipinski definition) is 1. The largest absolute Gasteiger partial charge is 0.493 e. The zero-order valence-corrected chi connectivity index (χ0v) is 17.2. The van der Waals surface area contributed by atoms with Gasteiger partial charge < -0.3 is 14.8 Å². The molecule has 154 valence electrons. The number of nitrogens with one attached hydrogen (secondary N) is 1. The van der Waals surface area contributed by atoms with E-state index in [2.05, 4.69) is 30.0 Å². The second kappa shape index (κ2) is 8.45. The highest BCUT2D eigenvalue weighted by Gasteiger charge is 2.31. The summed E-state index contributed by atoms with van der Waals surface area (Å²) >= 11 is 0. The van der Waals surface area contributed by atoms with Crippen molar-refractivity contribution in [3.8, 4) is 17.2 Å². The molecule has 2 aromatic carbocycles. The molecule has 0 unspecified atom stereocenters. The molecule has 6 heteroatoms. The summed E-state index contributed by atoms with van der Waals surface area (Å²) < 4.78 is 13.0. The SMILES string of the molecule is C=CCOc1ccc([C@H]2CC(=O)Nc3c2cnn3-c2ccccc2CC)cc1OC. The van der Waals surface area contributed by atoms with Crippen LogP contribution in [0.15, 0.2) is 61.3 Å². The van der Waals surface area contributed by atoms with Gasteiger partial charge in [0.15, 0.2) is 11.5 Å². The second-order valence-electron chi connectivity index (χ2n) is 7.16. The van der Waals surface area contributed by atoms with E-state index in [4.69, 9.17) is 9.47 Å². The molecular formula is C24H25N3O3. The zero-order chi connectivity index (χ0) is 21.1. The molecule has 1 aliphatic rings. The normalized spacial score (nSPS) is 15.3. The minimum atomic E-state index is -0.112. The fourth-order valence-corrected chi connectivity index (χ4v) is 3.89. The molecule has 6 nitrogen and oxygen atoms in total. The molecule has 1 N–H and O–H groups in total. The van der Waals surface area contributed by atoms with Crippen molar-refractivity contribution in [2.45, 2.75) is 25.7 Å². The second-order valence-corrected chi connectivity index (χ2v) is 7.16. The Morgan fingerprint density at radius 3 is 2.87 bits per heavy atom. The summed E-state index contributed by atoms with van der Waals surface area (Å²) in [4.78, 5) is 12.6. The summed E-state index contributed by atoms with van der Waals surface area (Å²) in [5.41, 5.74) is 4.12. The average molecular weight is 403 g/mol. The number of carbonyl (C=O) groups excluding carboxylic acids is 1. The van der Waals surface area contributed by atoms with Gasteiger partial charge in [-0.2, -0.15) is 5.10 Å². The van der Waals surface area contributed by atoms with E-state index in [9.17, 15) is 4.79 Å². The first-order chi connectivity index (χ1) is 14.7. The standard InChI is InChI=1S/C24H25N3O3/c1-4-12-30-21-11-10-17(13-22(21)29-3)18-14-23(28)26-24-19(18)15-25-27(24)20-9-7-6-8-16(20)5-2/h4,6-11,13,15,18H,1,5,12,14H2,2-3H3,(H,26,28)/t18-/m1/s1. The Labute approximate surface area is 176 Å². The van der Waals surface area contributed by atoms with Gasteiger partial charge in [0.05, 0.1) is 19.0 Å². The lowest BCUT2D eigenvalue weighted by Crippen LogP contribution is -2.24. The Morgan fingerprint density at radius 1 is 1.27 bits per heavy atom. The monoisotopic (exact) mass is 403 g/mol. The van der Waals surface area contributed by atoms with Gasteiger partial charge in [0.25, 0.3) is 0 Å². The lowest BCUT2D eigenvalue weighted by atomic mass is 9.87. The predicted molar refractivity (Wildman–Crippen MR) is 117 cm³/mol. The van der Waals surface area contributed by atoms with Gasteiger partial charge in [0.1, 0.15) is 12.4 Å². The summed E-state index contributed by atoms with van der Waals surface area (Å²) in [5.74, 6) is 1.86. The molecule has 1 amide bonds. The van der Waals surface area contributed by atoms with Gasteiger partial charge in [0, 0.05) is 17.9 Å². The maximum atomic E-state index is 12.6. The third-order valence-corrected chi connectivity index (χ3v) is 5.37. The summed E-state index contributed by atoms with van der Waals surface area (Å²) in [6, 6.07) is 13.9. The van der Waals surface area contributed by atoms with E-state index in [1.165, 1.54) is 5.56 Å². The van der Waals surface area contributed by atoms with E-state index in [1.807, 2.05) is 47.3 Å². The van der Waals surface area contributed by atoms with Gasteiger partial charge in [0.2, 0.25) is 5.91 Å². The molecule has 30 heavy (non-hydrogen) atoms. The molecule has 3 aromatic rings. The lowest BCUT2D eigenvalue weighted by Gasteiger charge is -2.25. The van der Waals surface area contributed by atoms with Crippen molar-refractivity contribution >= 4 is 11.7 Å². The van der Waals surface area contributed by atoms with Crippen LogP contribution in [0.4, 0.5) is 5.82 Å². The van der Waals surface area contributed by atoms with E-state index in [-0.39, 0.29) is 11.8 Å². The minimum absolute atomic E-state index is 0.0332. The Kier molecular flexibility index (Phi) is 5.57. The van der Waals surface area contributed by atoms with Crippen molar-refractivity contribution in [1.82, 2.24) is 9.78 Å². The first kappa shape index (κ1) is 19.8. The highest BCUT2D eigenvalue weighted by molar-refractivity contribution is 5.94. The molecule has 0 spiro atoms. The molecule has 0 saturated heterocycles. The molecule has 1 aromatic heterocycles. The van der Waals surface area contributed by atoms with Crippen LogP contribution in [0.2, 0.25) is 0 Å². The number of para-hydroxylation sites is 1. The van der Waals surface area contributed by atoms with Crippen molar-refractivity contribution in [1.29, 1.82) is 0 Å². The zero-order valence-electron chi connectivity index (χ0n) is 17.2. The van der Waals surface area contributed by atoms with E-state index in [0.717, 1.165) is 29.1 Å². The third-order valence-electron chi connectivity index (χ3n) is 5.37. The number of aromatic nitrogens is 2. The van der Waals surface area contributed by atoms with Gasteiger partial charge in [-0.05, 0) is 35.7 Å². The molecule has 0 fully saturated rings. The van der Waals surface area contributed by atoms with Gasteiger partial charge in [-0.25, -0.2) is 4.68 Å². The number of rotatable bonds is 7. The number of ether oxygens (including phenoxy) is 2. The van der Waals surface area contributed by atoms with Crippen LogP contribution in [0.3, 0.4) is 0 Å². The van der Waals surface area contributed by atoms with Crippen LogP contribution in [-0.2, 0) is 11.2 Å². The number of benzene rings is 2. The number of amides is 1. The van der Waals surface area contributed by atoms with Crippen LogP contribution in [0.5, 0.6) is 11.5 Å². The first-order valence-electron chi connectivity index (χ1n) is 10.0. The predicted octanol–water partition coefficient (Wildman–Crippen LogP) is 4.48. The van der Waals surface area contributed by atoms with Crippen LogP contribution in [0.25, 0.3) is 5.69 Å². The van der Waals surface area contributed by atoms with Crippen LogP contribution in [-0.4, -0.2) is 29.4 Å². The fraction of sp³-hybridized carbons (Fsp3) is 0.250. The van der Waals surface area contributed by atoms with Crippen LogP contribution >= 0.6 is 0 Å². The maximum absolute atomic E-state index is 12.6. The number of nitrogens with zero attached hydrogens (tertiary/aromatic N) is 2. The van der Waals surface area contributed by atoms with E-state index >= 15 is 0 Å². The molecule has 4 rings (SSSR count). The summed E-state index contributed by atoms with van der Waals surface area (Å²) in [7, 11) is 1.61. The molecule has 0 radical (unpaired) electrons. The molecule has 2 heterocycles. The molecule has 0 bridgehead atoms. The molecule has 1 atom stereocenters. The Balaban J connectivity index is 1.76. The van der Waals surface area contributed by atoms with Crippen molar-refractivity contribution in [3.63, 3.8) is 0 Å². The summed E-state index contributed by atoms with van der Waals surface area (Å²) in [6.07, 6.45) is 4.77. The number of aryl methyl sites for hydroxylation is 1. The van der Waals surface area contributed by atoms with Crippen molar-refractivity contribution < 1.29 is 14.3 Å². The molecule has 1 aliphatic heterocycles. The van der Waals surface area contributed by atoms with Gasteiger partial charge in [-0.15, -0.1) is 0 Å². The fourth-order valence-electron chi connectivity index (χ4n) is 3.89. The topological polar surface area (TPSA) is 65.4 Å². The first-order valence-corrected chi connectivity index (χ1v) is 10.0. The van der Waals surface area contributed by atoms with Crippen molar-refractivity contribution in [2.24, 2.45) is 0 Å². The van der Waals surface area contributed by atoms with E-state index in [0.29, 0.717) is 24.5 Å². The Morgan fingerprint density at radius 2 is 2.10 bits per heavy atom. The number of fused-ring (bicyclic) bond motifs is 1. The number of methoxy groups -OCH3 is 1. The lowest BCUT2D eigenvalue weighted by molar-refractivity contribution is -0.116. The maximum Gasteiger partial charge on any atom is 0.226 e. The smallest absolute Gasteiger partial charge is 0.226 e. The quantitative estimate of drug-likeness (QED) is 0.591.